The highest BCUT2D eigenvalue weighted by Crippen LogP contribution is 2.38. The van der Waals surface area contributed by atoms with Crippen molar-refractivity contribution in [3.8, 4) is 17.2 Å². The van der Waals surface area contributed by atoms with Crippen LogP contribution < -0.4 is 19.5 Å². The van der Waals surface area contributed by atoms with E-state index >= 15 is 0 Å². The van der Waals surface area contributed by atoms with Gasteiger partial charge in [0.05, 0.1) is 17.2 Å². The number of carbonyl (C=O) groups excluding carboxylic acids is 2. The van der Waals surface area contributed by atoms with E-state index in [1.807, 2.05) is 30.3 Å². The van der Waals surface area contributed by atoms with Crippen LogP contribution in [0.2, 0.25) is 10.0 Å². The van der Waals surface area contributed by atoms with E-state index in [-0.39, 0.29) is 18.4 Å². The van der Waals surface area contributed by atoms with Crippen molar-refractivity contribution in [1.82, 2.24) is 5.32 Å². The van der Waals surface area contributed by atoms with Gasteiger partial charge in [-0.1, -0.05) is 47.5 Å². The zero-order valence-corrected chi connectivity index (χ0v) is 24.0. The molecule has 0 aromatic heterocycles. The van der Waals surface area contributed by atoms with E-state index in [0.29, 0.717) is 39.5 Å². The first-order valence-corrected chi connectivity index (χ1v) is 13.2. The highest BCUT2D eigenvalue weighted by molar-refractivity contribution is 6.42. The van der Waals surface area contributed by atoms with Crippen LogP contribution in [0.15, 0.2) is 66.4 Å². The molecule has 0 unspecified atom stereocenters. The minimum absolute atomic E-state index is 0.0796. The molecule has 1 heterocycles. The van der Waals surface area contributed by atoms with E-state index in [4.69, 9.17) is 46.9 Å². The third-order valence-electron chi connectivity index (χ3n) is 5.60. The number of nitrogens with one attached hydrogen (secondary N) is 1. The lowest BCUT2D eigenvalue weighted by molar-refractivity contribution is -0.136. The lowest BCUT2D eigenvalue weighted by atomic mass is 10.1. The van der Waals surface area contributed by atoms with Gasteiger partial charge in [0.15, 0.2) is 17.6 Å². The Balaban J connectivity index is 1.44. The number of amides is 1. The number of rotatable bonds is 7. The maximum absolute atomic E-state index is 12.3. The predicted molar refractivity (Wildman–Crippen MR) is 152 cm³/mol. The van der Waals surface area contributed by atoms with Crippen LogP contribution in [0.25, 0.3) is 6.08 Å². The summed E-state index contributed by atoms with van der Waals surface area (Å²) in [5.74, 6) is 0.988. The van der Waals surface area contributed by atoms with Gasteiger partial charge in [-0.05, 0) is 79.9 Å². The molecular weight excluding hydrogens is 557 g/mol. The molecule has 0 fully saturated rings. The number of hydrogen-bond acceptors (Lipinski definition) is 7. The van der Waals surface area contributed by atoms with Gasteiger partial charge in [0.1, 0.15) is 30.3 Å². The molecule has 3 aromatic carbocycles. The largest absolute Gasteiger partial charge is 0.489 e. The average molecular weight is 586 g/mol. The molecule has 40 heavy (non-hydrogen) atoms. The number of halogens is 2. The summed E-state index contributed by atoms with van der Waals surface area (Å²) in [7, 11) is 1.23. The normalized spacial score (nSPS) is 14.8. The number of methoxy groups -OCH3 is 1. The van der Waals surface area contributed by atoms with Crippen molar-refractivity contribution in [2.75, 3.05) is 13.7 Å². The summed E-state index contributed by atoms with van der Waals surface area (Å²) in [6.07, 6.45) is 0.342. The highest BCUT2D eigenvalue weighted by Gasteiger charge is 2.24. The number of benzene rings is 3. The summed E-state index contributed by atoms with van der Waals surface area (Å²) in [5, 5.41) is 3.41. The summed E-state index contributed by atoms with van der Waals surface area (Å²) >= 11 is 12.1. The van der Waals surface area contributed by atoms with Crippen molar-refractivity contribution in [3.05, 3.63) is 93.1 Å². The lowest BCUT2D eigenvalue weighted by Gasteiger charge is -2.27. The fourth-order valence-electron chi connectivity index (χ4n) is 3.78. The van der Waals surface area contributed by atoms with Gasteiger partial charge >= 0.3 is 12.1 Å². The molecule has 8 nitrogen and oxygen atoms in total. The third-order valence-corrected chi connectivity index (χ3v) is 6.34. The molecular formula is C30H29Cl2NO7. The van der Waals surface area contributed by atoms with E-state index in [0.717, 1.165) is 11.1 Å². The molecule has 0 spiro atoms. The van der Waals surface area contributed by atoms with Crippen LogP contribution in [0.1, 0.15) is 43.6 Å². The number of ether oxygens (including phenoxy) is 5. The molecule has 10 heteroatoms. The van der Waals surface area contributed by atoms with Crippen molar-refractivity contribution in [2.45, 2.75) is 39.1 Å². The van der Waals surface area contributed by atoms with E-state index in [2.05, 4.69) is 5.32 Å². The first-order valence-electron chi connectivity index (χ1n) is 12.4. The SMILES string of the molecule is COC(=O)C(=Cc1ccc2c(c1)OC[C@H](c1cccc(OCc3ccc(Cl)c(Cl)c3)c1)O2)NC(=O)OC(C)(C)C. The molecule has 0 saturated heterocycles. The second-order valence-electron chi connectivity index (χ2n) is 9.91. The Morgan fingerprint density at radius 2 is 1.82 bits per heavy atom. The summed E-state index contributed by atoms with van der Waals surface area (Å²) in [6, 6.07) is 18.1. The maximum Gasteiger partial charge on any atom is 0.412 e. The van der Waals surface area contributed by atoms with Crippen LogP contribution in [0.5, 0.6) is 17.2 Å². The zero-order chi connectivity index (χ0) is 28.9. The quantitative estimate of drug-likeness (QED) is 0.233. The van der Waals surface area contributed by atoms with Crippen LogP contribution in [0.4, 0.5) is 4.79 Å². The monoisotopic (exact) mass is 585 g/mol. The van der Waals surface area contributed by atoms with Crippen molar-refractivity contribution in [3.63, 3.8) is 0 Å². The van der Waals surface area contributed by atoms with Crippen molar-refractivity contribution >= 4 is 41.3 Å². The van der Waals surface area contributed by atoms with E-state index in [1.165, 1.54) is 13.2 Å². The summed E-state index contributed by atoms with van der Waals surface area (Å²) in [5.41, 5.74) is 1.57. The van der Waals surface area contributed by atoms with Gasteiger partial charge in [-0.2, -0.15) is 0 Å². The minimum Gasteiger partial charge on any atom is -0.489 e. The van der Waals surface area contributed by atoms with Crippen LogP contribution in [-0.2, 0) is 20.9 Å². The lowest BCUT2D eigenvalue weighted by Crippen LogP contribution is -2.34. The molecule has 210 valence electrons. The fraction of sp³-hybridized carbons (Fsp3) is 0.267. The van der Waals surface area contributed by atoms with E-state index < -0.39 is 17.7 Å². The minimum atomic E-state index is -0.771. The second-order valence-corrected chi connectivity index (χ2v) is 10.7. The first-order chi connectivity index (χ1) is 19.0. The van der Waals surface area contributed by atoms with Gasteiger partial charge in [0, 0.05) is 0 Å². The molecule has 1 atom stereocenters. The van der Waals surface area contributed by atoms with Gasteiger partial charge in [0.25, 0.3) is 0 Å². The van der Waals surface area contributed by atoms with Crippen molar-refractivity contribution in [2.24, 2.45) is 0 Å². The van der Waals surface area contributed by atoms with Crippen LogP contribution in [0, 0.1) is 0 Å². The van der Waals surface area contributed by atoms with Gasteiger partial charge in [-0.15, -0.1) is 0 Å². The number of esters is 1. The Labute approximate surface area is 242 Å². The molecule has 1 amide bonds. The molecule has 0 bridgehead atoms. The molecule has 4 rings (SSSR count). The van der Waals surface area contributed by atoms with Crippen molar-refractivity contribution in [1.29, 1.82) is 0 Å². The van der Waals surface area contributed by atoms with Crippen LogP contribution in [0.3, 0.4) is 0 Å². The first kappa shape index (κ1) is 29.1. The average Bonchev–Trinajstić information content (AvgIpc) is 2.91. The molecule has 1 N–H and O–H groups in total. The molecule has 1 aliphatic rings. The Kier molecular flexibility index (Phi) is 9.12. The van der Waals surface area contributed by atoms with Gasteiger partial charge in [0.2, 0.25) is 0 Å². The molecule has 0 radical (unpaired) electrons. The fourth-order valence-corrected chi connectivity index (χ4v) is 4.10. The number of carbonyl (C=O) groups is 2. The van der Waals surface area contributed by atoms with Crippen LogP contribution in [-0.4, -0.2) is 31.4 Å². The summed E-state index contributed by atoms with van der Waals surface area (Å²) in [4.78, 5) is 24.5. The number of alkyl carbamates (subject to hydrolysis) is 1. The predicted octanol–water partition coefficient (Wildman–Crippen LogP) is 7.12. The van der Waals surface area contributed by atoms with Crippen molar-refractivity contribution < 1.29 is 33.3 Å². The van der Waals surface area contributed by atoms with Crippen LogP contribution >= 0.6 is 23.2 Å². The number of fused-ring (bicyclic) bond motifs is 1. The Morgan fingerprint density at radius 1 is 1.02 bits per heavy atom. The van der Waals surface area contributed by atoms with E-state index in [1.54, 1.807) is 51.1 Å². The molecule has 3 aromatic rings. The third kappa shape index (κ3) is 7.83. The molecule has 0 saturated carbocycles. The Bertz CT molecular complexity index is 1430. The molecule has 0 aliphatic carbocycles. The number of hydrogen-bond donors (Lipinski definition) is 1. The highest BCUT2D eigenvalue weighted by atomic mass is 35.5. The zero-order valence-electron chi connectivity index (χ0n) is 22.5. The maximum atomic E-state index is 12.3. The standard InChI is InChI=1S/C30H29Cl2NO7/c1-30(2,3)40-29(35)33-24(28(34)36-4)13-18-9-11-25-26(14-18)38-17-27(39-25)20-6-5-7-21(15-20)37-16-19-8-10-22(31)23(32)12-19/h5-15,27H,16-17H2,1-4H3,(H,33,35)/t27-/m1/s1. The Morgan fingerprint density at radius 3 is 2.55 bits per heavy atom. The second kappa shape index (κ2) is 12.5. The van der Waals surface area contributed by atoms with Gasteiger partial charge in [-0.25, -0.2) is 9.59 Å². The smallest absolute Gasteiger partial charge is 0.412 e. The van der Waals surface area contributed by atoms with Gasteiger partial charge < -0.3 is 23.7 Å². The van der Waals surface area contributed by atoms with Gasteiger partial charge in [-0.3, -0.25) is 5.32 Å². The topological polar surface area (TPSA) is 92.3 Å². The van der Waals surface area contributed by atoms with E-state index in [9.17, 15) is 9.59 Å². The summed E-state index contributed by atoms with van der Waals surface area (Å²) < 4.78 is 28.2. The summed E-state index contributed by atoms with van der Waals surface area (Å²) in [6.45, 7) is 5.77. The molecule has 1 aliphatic heterocycles. The Hall–Kier alpha value is -3.88.